The summed E-state index contributed by atoms with van der Waals surface area (Å²) >= 11 is 0. The molecule has 0 unspecified atom stereocenters. The molecule has 1 heterocycles. The molecule has 2 rings (SSSR count). The predicted molar refractivity (Wildman–Crippen MR) is 54.5 cm³/mol. The minimum atomic E-state index is -0.391. The Bertz CT molecular complexity index is 386. The van der Waals surface area contributed by atoms with Gasteiger partial charge < -0.3 is 4.74 Å². The minimum absolute atomic E-state index is 0.362. The van der Waals surface area contributed by atoms with E-state index in [0.717, 1.165) is 18.0 Å². The van der Waals surface area contributed by atoms with Crippen molar-refractivity contribution in [2.24, 2.45) is 5.92 Å². The third-order valence-electron chi connectivity index (χ3n) is 2.48. The van der Waals surface area contributed by atoms with Crippen LogP contribution in [0.25, 0.3) is 0 Å². The molecule has 0 amide bonds. The third-order valence-corrected chi connectivity index (χ3v) is 2.48. The SMILES string of the molecule is COC(=O)c1cc(CC2CC2)nc(C)n1. The highest BCUT2D eigenvalue weighted by Crippen LogP contribution is 2.32. The molecule has 0 radical (unpaired) electrons. The molecule has 0 atom stereocenters. The molecule has 15 heavy (non-hydrogen) atoms. The van der Waals surface area contributed by atoms with Crippen LogP contribution in [0.1, 0.15) is 34.8 Å². The molecule has 1 fully saturated rings. The Labute approximate surface area is 88.7 Å². The number of hydrogen-bond acceptors (Lipinski definition) is 4. The first-order valence-corrected chi connectivity index (χ1v) is 5.12. The maximum atomic E-state index is 11.3. The number of methoxy groups -OCH3 is 1. The molecule has 0 spiro atoms. The van der Waals surface area contributed by atoms with E-state index in [1.165, 1.54) is 20.0 Å². The number of rotatable bonds is 3. The summed E-state index contributed by atoms with van der Waals surface area (Å²) in [6.07, 6.45) is 3.50. The molecule has 80 valence electrons. The maximum Gasteiger partial charge on any atom is 0.356 e. The van der Waals surface area contributed by atoms with Gasteiger partial charge in [-0.2, -0.15) is 0 Å². The number of aryl methyl sites for hydroxylation is 1. The summed E-state index contributed by atoms with van der Waals surface area (Å²) in [7, 11) is 1.36. The van der Waals surface area contributed by atoms with Crippen LogP contribution in [0.5, 0.6) is 0 Å². The Balaban J connectivity index is 2.22. The first kappa shape index (κ1) is 10.1. The van der Waals surface area contributed by atoms with Crippen molar-refractivity contribution in [3.05, 3.63) is 23.3 Å². The second-order valence-corrected chi connectivity index (χ2v) is 3.93. The van der Waals surface area contributed by atoms with Crippen molar-refractivity contribution in [2.75, 3.05) is 7.11 Å². The van der Waals surface area contributed by atoms with E-state index in [-0.39, 0.29) is 0 Å². The van der Waals surface area contributed by atoms with Crippen LogP contribution in [-0.4, -0.2) is 23.0 Å². The van der Waals surface area contributed by atoms with Crippen molar-refractivity contribution in [1.82, 2.24) is 9.97 Å². The van der Waals surface area contributed by atoms with E-state index in [2.05, 4.69) is 14.7 Å². The number of carbonyl (C=O) groups is 1. The Morgan fingerprint density at radius 1 is 1.53 bits per heavy atom. The zero-order chi connectivity index (χ0) is 10.8. The number of nitrogens with zero attached hydrogens (tertiary/aromatic N) is 2. The lowest BCUT2D eigenvalue weighted by Crippen LogP contribution is -2.08. The number of ether oxygens (including phenoxy) is 1. The van der Waals surface area contributed by atoms with Crippen LogP contribution >= 0.6 is 0 Å². The van der Waals surface area contributed by atoms with E-state index in [1.54, 1.807) is 13.0 Å². The van der Waals surface area contributed by atoms with Crippen LogP contribution < -0.4 is 0 Å². The second kappa shape index (κ2) is 3.96. The number of carbonyl (C=O) groups excluding carboxylic acids is 1. The van der Waals surface area contributed by atoms with Crippen molar-refractivity contribution in [3.63, 3.8) is 0 Å². The molecule has 0 saturated heterocycles. The summed E-state index contributed by atoms with van der Waals surface area (Å²) in [5.74, 6) is 0.996. The van der Waals surface area contributed by atoms with E-state index in [1.807, 2.05) is 0 Å². The topological polar surface area (TPSA) is 52.1 Å². The first-order chi connectivity index (χ1) is 7.19. The van der Waals surface area contributed by atoms with Crippen LogP contribution in [0.2, 0.25) is 0 Å². The Morgan fingerprint density at radius 3 is 2.87 bits per heavy atom. The van der Waals surface area contributed by atoms with Gasteiger partial charge in [-0.25, -0.2) is 14.8 Å². The second-order valence-electron chi connectivity index (χ2n) is 3.93. The van der Waals surface area contributed by atoms with Gasteiger partial charge in [0.15, 0.2) is 5.69 Å². The fraction of sp³-hybridized carbons (Fsp3) is 0.545. The lowest BCUT2D eigenvalue weighted by atomic mass is 10.2. The molecule has 0 bridgehead atoms. The Morgan fingerprint density at radius 2 is 2.27 bits per heavy atom. The third kappa shape index (κ3) is 2.52. The van der Waals surface area contributed by atoms with Gasteiger partial charge in [0.05, 0.1) is 7.11 Å². The van der Waals surface area contributed by atoms with Crippen LogP contribution in [0.15, 0.2) is 6.07 Å². The lowest BCUT2D eigenvalue weighted by Gasteiger charge is -2.03. The van der Waals surface area contributed by atoms with Gasteiger partial charge in [-0.1, -0.05) is 0 Å². The molecule has 1 aromatic rings. The molecular formula is C11H14N2O2. The van der Waals surface area contributed by atoms with Crippen LogP contribution in [0.4, 0.5) is 0 Å². The zero-order valence-corrected chi connectivity index (χ0v) is 8.99. The summed E-state index contributed by atoms with van der Waals surface area (Å²) in [4.78, 5) is 19.7. The smallest absolute Gasteiger partial charge is 0.356 e. The lowest BCUT2D eigenvalue weighted by molar-refractivity contribution is 0.0593. The fourth-order valence-electron chi connectivity index (χ4n) is 1.56. The monoisotopic (exact) mass is 206 g/mol. The summed E-state index contributed by atoms with van der Waals surface area (Å²) < 4.78 is 4.64. The largest absolute Gasteiger partial charge is 0.464 e. The van der Waals surface area contributed by atoms with Gasteiger partial charge in [0.1, 0.15) is 5.82 Å². The van der Waals surface area contributed by atoms with Crippen molar-refractivity contribution < 1.29 is 9.53 Å². The van der Waals surface area contributed by atoms with Crippen LogP contribution in [0, 0.1) is 12.8 Å². The molecule has 0 aliphatic heterocycles. The predicted octanol–water partition coefficient (Wildman–Crippen LogP) is 1.52. The fourth-order valence-corrected chi connectivity index (χ4v) is 1.56. The highest BCUT2D eigenvalue weighted by Gasteiger charge is 2.23. The van der Waals surface area contributed by atoms with E-state index < -0.39 is 5.97 Å². The molecule has 0 aromatic carbocycles. The van der Waals surface area contributed by atoms with Gasteiger partial charge >= 0.3 is 5.97 Å². The quantitative estimate of drug-likeness (QED) is 0.704. The molecule has 1 aromatic heterocycles. The van der Waals surface area contributed by atoms with Crippen LogP contribution in [0.3, 0.4) is 0 Å². The van der Waals surface area contributed by atoms with Crippen molar-refractivity contribution >= 4 is 5.97 Å². The van der Waals surface area contributed by atoms with Crippen molar-refractivity contribution in [2.45, 2.75) is 26.2 Å². The highest BCUT2D eigenvalue weighted by molar-refractivity contribution is 5.87. The van der Waals surface area contributed by atoms with Gasteiger partial charge in [-0.15, -0.1) is 0 Å². The van der Waals surface area contributed by atoms with E-state index >= 15 is 0 Å². The first-order valence-electron chi connectivity index (χ1n) is 5.12. The summed E-state index contributed by atoms with van der Waals surface area (Å²) in [6.45, 7) is 1.79. The minimum Gasteiger partial charge on any atom is -0.464 e. The van der Waals surface area contributed by atoms with Gasteiger partial charge in [-0.3, -0.25) is 0 Å². The van der Waals surface area contributed by atoms with Gasteiger partial charge in [-0.05, 0) is 38.2 Å². The Hall–Kier alpha value is -1.45. The Kier molecular flexibility index (Phi) is 2.66. The molecule has 1 aliphatic rings. The van der Waals surface area contributed by atoms with Crippen LogP contribution in [-0.2, 0) is 11.2 Å². The molecule has 4 heteroatoms. The maximum absolute atomic E-state index is 11.3. The van der Waals surface area contributed by atoms with E-state index in [9.17, 15) is 4.79 Å². The normalized spacial score (nSPS) is 15.1. The average Bonchev–Trinajstić information content (AvgIpc) is 2.99. The molecule has 0 N–H and O–H groups in total. The van der Waals surface area contributed by atoms with Crippen molar-refractivity contribution in [3.8, 4) is 0 Å². The van der Waals surface area contributed by atoms with Gasteiger partial charge in [0, 0.05) is 5.69 Å². The van der Waals surface area contributed by atoms with E-state index in [0.29, 0.717) is 11.5 Å². The number of hydrogen-bond donors (Lipinski definition) is 0. The number of aromatic nitrogens is 2. The number of esters is 1. The molecular weight excluding hydrogens is 192 g/mol. The molecule has 1 saturated carbocycles. The zero-order valence-electron chi connectivity index (χ0n) is 8.99. The summed E-state index contributed by atoms with van der Waals surface area (Å²) in [5.41, 5.74) is 1.31. The molecule has 4 nitrogen and oxygen atoms in total. The average molecular weight is 206 g/mol. The summed E-state index contributed by atoms with van der Waals surface area (Å²) in [6, 6.07) is 1.73. The highest BCUT2D eigenvalue weighted by atomic mass is 16.5. The van der Waals surface area contributed by atoms with E-state index in [4.69, 9.17) is 0 Å². The summed E-state index contributed by atoms with van der Waals surface area (Å²) in [5, 5.41) is 0. The van der Waals surface area contributed by atoms with Gasteiger partial charge in [0.2, 0.25) is 0 Å². The van der Waals surface area contributed by atoms with Crippen molar-refractivity contribution in [1.29, 1.82) is 0 Å². The standard InChI is InChI=1S/C11H14N2O2/c1-7-12-9(5-8-3-4-8)6-10(13-7)11(14)15-2/h6,8H,3-5H2,1-2H3. The van der Waals surface area contributed by atoms with Gasteiger partial charge in [0.25, 0.3) is 0 Å². The molecule has 1 aliphatic carbocycles.